The van der Waals surface area contributed by atoms with Crippen LogP contribution in [0.15, 0.2) is 41.1 Å². The molecule has 4 nitrogen and oxygen atoms in total. The molecule has 1 amide bonds. The lowest BCUT2D eigenvalue weighted by Crippen LogP contribution is -2.45. The number of halogens is 3. The molecule has 0 bridgehead atoms. The van der Waals surface area contributed by atoms with E-state index in [4.69, 9.17) is 17.0 Å². The molecular formula is C15H16ClF2N3O. The first-order valence-electron chi connectivity index (χ1n) is 6.82. The van der Waals surface area contributed by atoms with Crippen LogP contribution in [-0.2, 0) is 11.3 Å². The number of likely N-dealkylation sites (tertiary alicyclic amines) is 1. The molecule has 1 heterocycles. The van der Waals surface area contributed by atoms with Gasteiger partial charge < -0.3 is 10.2 Å². The largest absolute Gasteiger partial charge is 0.371 e. The van der Waals surface area contributed by atoms with Crippen molar-refractivity contribution in [3.8, 4) is 0 Å². The summed E-state index contributed by atoms with van der Waals surface area (Å²) in [7, 11) is 0. The van der Waals surface area contributed by atoms with E-state index in [2.05, 4.69) is 5.32 Å². The van der Waals surface area contributed by atoms with E-state index in [1.54, 1.807) is 0 Å². The summed E-state index contributed by atoms with van der Waals surface area (Å²) in [5.74, 6) is -0.707. The van der Waals surface area contributed by atoms with E-state index < -0.39 is 18.9 Å². The van der Waals surface area contributed by atoms with E-state index in [9.17, 15) is 13.6 Å². The zero-order valence-corrected chi connectivity index (χ0v) is 12.5. The van der Waals surface area contributed by atoms with Gasteiger partial charge in [0.15, 0.2) is 0 Å². The first-order chi connectivity index (χ1) is 10.5. The lowest BCUT2D eigenvalue weighted by atomic mass is 10.0. The quantitative estimate of drug-likeness (QED) is 0.817. The topological polar surface area (TPSA) is 56.2 Å². The molecule has 0 aromatic heterocycles. The van der Waals surface area contributed by atoms with Crippen LogP contribution < -0.4 is 5.32 Å². The third-order valence-corrected chi connectivity index (χ3v) is 3.71. The molecule has 0 spiro atoms. The van der Waals surface area contributed by atoms with Crippen molar-refractivity contribution in [2.45, 2.75) is 19.4 Å². The van der Waals surface area contributed by atoms with Crippen molar-refractivity contribution in [1.29, 1.82) is 5.41 Å². The fourth-order valence-electron chi connectivity index (χ4n) is 2.20. The SMILES string of the molecule is N=C1C(=O)N(CC(F)F)CC/C1=C(\Cl)NCc1ccccc1. The summed E-state index contributed by atoms with van der Waals surface area (Å²) in [4.78, 5) is 12.9. The molecule has 7 heteroatoms. The summed E-state index contributed by atoms with van der Waals surface area (Å²) in [6, 6.07) is 9.53. The Morgan fingerprint density at radius 1 is 1.36 bits per heavy atom. The Labute approximate surface area is 132 Å². The van der Waals surface area contributed by atoms with Crippen LogP contribution in [0.3, 0.4) is 0 Å². The highest BCUT2D eigenvalue weighted by Gasteiger charge is 2.30. The number of hydrogen-bond acceptors (Lipinski definition) is 3. The van der Waals surface area contributed by atoms with Gasteiger partial charge in [-0.3, -0.25) is 10.2 Å². The van der Waals surface area contributed by atoms with Crippen molar-refractivity contribution >= 4 is 23.2 Å². The van der Waals surface area contributed by atoms with E-state index in [0.29, 0.717) is 12.1 Å². The van der Waals surface area contributed by atoms with E-state index in [1.807, 2.05) is 30.3 Å². The number of nitrogens with zero attached hydrogens (tertiary/aromatic N) is 1. The van der Waals surface area contributed by atoms with Gasteiger partial charge in [0.1, 0.15) is 10.9 Å². The van der Waals surface area contributed by atoms with Gasteiger partial charge in [0.25, 0.3) is 12.3 Å². The van der Waals surface area contributed by atoms with Crippen LogP contribution in [0.4, 0.5) is 8.78 Å². The molecule has 1 saturated heterocycles. The van der Waals surface area contributed by atoms with Gasteiger partial charge >= 0.3 is 0 Å². The van der Waals surface area contributed by atoms with Gasteiger partial charge in [0.2, 0.25) is 0 Å². The van der Waals surface area contributed by atoms with Crippen LogP contribution in [0.2, 0.25) is 0 Å². The van der Waals surface area contributed by atoms with Crippen LogP contribution in [0, 0.1) is 5.41 Å². The third kappa shape index (κ3) is 4.04. The Morgan fingerprint density at radius 3 is 2.68 bits per heavy atom. The molecule has 1 fully saturated rings. The number of amides is 1. The highest BCUT2D eigenvalue weighted by Crippen LogP contribution is 2.20. The number of piperidine rings is 1. The second kappa shape index (κ2) is 7.35. The zero-order chi connectivity index (χ0) is 16.1. The molecule has 2 N–H and O–H groups in total. The standard InChI is InChI=1S/C15H16ClF2N3O/c16-14(20-8-10-4-2-1-3-5-10)11-6-7-21(9-12(17)18)15(22)13(11)19/h1-5,12,19-20H,6-9H2/b14-11-,19-13?. The lowest BCUT2D eigenvalue weighted by Gasteiger charge is -2.29. The Kier molecular flexibility index (Phi) is 5.49. The van der Waals surface area contributed by atoms with Crippen molar-refractivity contribution in [2.24, 2.45) is 0 Å². The van der Waals surface area contributed by atoms with Crippen molar-refractivity contribution in [2.75, 3.05) is 13.1 Å². The molecule has 22 heavy (non-hydrogen) atoms. The minimum absolute atomic E-state index is 0.143. The molecule has 1 aliphatic rings. The predicted molar refractivity (Wildman–Crippen MR) is 81.1 cm³/mol. The van der Waals surface area contributed by atoms with E-state index in [1.165, 1.54) is 0 Å². The van der Waals surface area contributed by atoms with Crippen molar-refractivity contribution in [3.05, 3.63) is 46.6 Å². The summed E-state index contributed by atoms with van der Waals surface area (Å²) in [6.45, 7) is -0.0426. The normalized spacial score (nSPS) is 17.9. The Morgan fingerprint density at radius 2 is 2.05 bits per heavy atom. The number of hydrogen-bond donors (Lipinski definition) is 2. The molecule has 0 aliphatic carbocycles. The fraction of sp³-hybridized carbons (Fsp3) is 0.333. The molecule has 0 unspecified atom stereocenters. The average molecular weight is 328 g/mol. The first-order valence-corrected chi connectivity index (χ1v) is 7.19. The van der Waals surface area contributed by atoms with Gasteiger partial charge in [-0.05, 0) is 12.0 Å². The smallest absolute Gasteiger partial charge is 0.272 e. The number of benzene rings is 1. The molecular weight excluding hydrogens is 312 g/mol. The van der Waals surface area contributed by atoms with Gasteiger partial charge in [-0.15, -0.1) is 0 Å². The molecule has 0 saturated carbocycles. The molecule has 0 radical (unpaired) electrons. The summed E-state index contributed by atoms with van der Waals surface area (Å²) < 4.78 is 24.7. The van der Waals surface area contributed by atoms with Gasteiger partial charge in [-0.1, -0.05) is 41.9 Å². The van der Waals surface area contributed by atoms with Crippen molar-refractivity contribution < 1.29 is 13.6 Å². The van der Waals surface area contributed by atoms with Crippen LogP contribution in [0.5, 0.6) is 0 Å². The number of rotatable bonds is 5. The number of alkyl halides is 2. The van der Waals surface area contributed by atoms with E-state index in [0.717, 1.165) is 10.5 Å². The van der Waals surface area contributed by atoms with Crippen LogP contribution in [-0.4, -0.2) is 36.0 Å². The lowest BCUT2D eigenvalue weighted by molar-refractivity contribution is -0.126. The van der Waals surface area contributed by atoms with Crippen molar-refractivity contribution in [3.63, 3.8) is 0 Å². The van der Waals surface area contributed by atoms with Crippen LogP contribution in [0.1, 0.15) is 12.0 Å². The molecule has 2 rings (SSSR count). The van der Waals surface area contributed by atoms with E-state index >= 15 is 0 Å². The maximum atomic E-state index is 12.4. The predicted octanol–water partition coefficient (Wildman–Crippen LogP) is 2.74. The Bertz CT molecular complexity index is 590. The monoisotopic (exact) mass is 327 g/mol. The number of carbonyl (C=O) groups is 1. The molecule has 1 aliphatic heterocycles. The summed E-state index contributed by atoms with van der Waals surface area (Å²) in [5.41, 5.74) is 1.06. The molecule has 1 aromatic carbocycles. The Balaban J connectivity index is 2.02. The summed E-state index contributed by atoms with van der Waals surface area (Å²) >= 11 is 6.13. The second-order valence-electron chi connectivity index (χ2n) is 4.90. The highest BCUT2D eigenvalue weighted by atomic mass is 35.5. The second-order valence-corrected chi connectivity index (χ2v) is 5.28. The summed E-state index contributed by atoms with van der Waals surface area (Å²) in [6.07, 6.45) is -2.31. The minimum atomic E-state index is -2.60. The van der Waals surface area contributed by atoms with Crippen LogP contribution in [0.25, 0.3) is 0 Å². The third-order valence-electron chi connectivity index (χ3n) is 3.35. The minimum Gasteiger partial charge on any atom is -0.371 e. The highest BCUT2D eigenvalue weighted by molar-refractivity contribution is 6.47. The Hall–Kier alpha value is -1.95. The van der Waals surface area contributed by atoms with Crippen molar-refractivity contribution in [1.82, 2.24) is 10.2 Å². The van der Waals surface area contributed by atoms with E-state index in [-0.39, 0.29) is 23.8 Å². The zero-order valence-electron chi connectivity index (χ0n) is 11.8. The van der Waals surface area contributed by atoms with Crippen LogP contribution >= 0.6 is 11.6 Å². The molecule has 118 valence electrons. The van der Waals surface area contributed by atoms with Gasteiger partial charge in [-0.2, -0.15) is 0 Å². The summed E-state index contributed by atoms with van der Waals surface area (Å²) in [5, 5.41) is 11.0. The number of nitrogens with one attached hydrogen (secondary N) is 2. The van der Waals surface area contributed by atoms with Gasteiger partial charge in [0, 0.05) is 18.7 Å². The fourth-order valence-corrected chi connectivity index (χ4v) is 2.46. The van der Waals surface area contributed by atoms with Gasteiger partial charge in [-0.25, -0.2) is 8.78 Å². The molecule has 1 aromatic rings. The average Bonchev–Trinajstić information content (AvgIpc) is 2.50. The number of carbonyl (C=O) groups excluding carboxylic acids is 1. The molecule has 0 atom stereocenters. The maximum Gasteiger partial charge on any atom is 0.272 e. The van der Waals surface area contributed by atoms with Gasteiger partial charge in [0.05, 0.1) is 6.54 Å². The first kappa shape index (κ1) is 16.4. The maximum absolute atomic E-state index is 12.4.